The highest BCUT2D eigenvalue weighted by atomic mass is 35.5. The third kappa shape index (κ3) is 1.24. The summed E-state index contributed by atoms with van der Waals surface area (Å²) in [4.78, 5) is -1.02. The van der Waals surface area contributed by atoms with E-state index in [1.165, 1.54) is 0 Å². The molecule has 0 spiro atoms. The maximum Gasteiger partial charge on any atom is 0.219 e. The van der Waals surface area contributed by atoms with Gasteiger partial charge in [-0.15, -0.1) is 0 Å². The van der Waals surface area contributed by atoms with Crippen molar-refractivity contribution in [2.75, 3.05) is 0 Å². The monoisotopic (exact) mass is 140 g/mol. The number of allylic oxidation sites excluding steroid dienone is 2. The van der Waals surface area contributed by atoms with E-state index in [0.29, 0.717) is 0 Å². The smallest absolute Gasteiger partial charge is 0.219 e. The molecule has 0 aliphatic carbocycles. The van der Waals surface area contributed by atoms with Crippen LogP contribution in [0.5, 0.6) is 0 Å². The van der Waals surface area contributed by atoms with Crippen LogP contribution in [0, 0.1) is 11.3 Å². The molecule has 0 aromatic heterocycles. The molecule has 0 fully saturated rings. The fraction of sp³-hybridized carbons (Fsp3) is 0.167. The second kappa shape index (κ2) is 2.12. The fourth-order valence-corrected chi connectivity index (χ4v) is 0.666. The van der Waals surface area contributed by atoms with Gasteiger partial charge in [0.25, 0.3) is 0 Å². The van der Waals surface area contributed by atoms with Gasteiger partial charge in [0, 0.05) is 0 Å². The highest BCUT2D eigenvalue weighted by molar-refractivity contribution is 6.27. The van der Waals surface area contributed by atoms with Crippen LogP contribution in [0.15, 0.2) is 24.4 Å². The van der Waals surface area contributed by atoms with E-state index in [4.69, 9.17) is 16.9 Å². The van der Waals surface area contributed by atoms with E-state index >= 15 is 0 Å². The van der Waals surface area contributed by atoms with Crippen LogP contribution in [0.2, 0.25) is 0 Å². The average Bonchev–Trinajstić information content (AvgIpc) is 1.90. The molecule has 46 valence electrons. The van der Waals surface area contributed by atoms with Gasteiger partial charge in [-0.2, -0.15) is 5.26 Å². The van der Waals surface area contributed by atoms with Gasteiger partial charge in [-0.1, -0.05) is 17.7 Å². The van der Waals surface area contributed by atoms with Crippen LogP contribution in [0.4, 0.5) is 0 Å². The standard InChI is InChI=1S/C6H5ClN2/c7-6(5-8)3-1-2-4-9-6/h1-4,9H. The Bertz CT molecular complexity index is 202. The van der Waals surface area contributed by atoms with Crippen molar-refractivity contribution in [3.8, 4) is 6.07 Å². The highest BCUT2D eigenvalue weighted by Gasteiger charge is 2.21. The molecule has 1 unspecified atom stereocenters. The van der Waals surface area contributed by atoms with E-state index in [-0.39, 0.29) is 0 Å². The summed E-state index contributed by atoms with van der Waals surface area (Å²) in [6.07, 6.45) is 6.73. The van der Waals surface area contributed by atoms with Crippen LogP contribution >= 0.6 is 11.6 Å². The van der Waals surface area contributed by atoms with Gasteiger partial charge < -0.3 is 5.32 Å². The largest absolute Gasteiger partial charge is 0.358 e. The summed E-state index contributed by atoms with van der Waals surface area (Å²) in [5.41, 5.74) is 0. The van der Waals surface area contributed by atoms with Crippen LogP contribution < -0.4 is 5.32 Å². The van der Waals surface area contributed by atoms with Crippen molar-refractivity contribution >= 4 is 11.6 Å². The number of nitrogens with zero attached hydrogens (tertiary/aromatic N) is 1. The summed E-state index contributed by atoms with van der Waals surface area (Å²) in [7, 11) is 0. The Kier molecular flexibility index (Phi) is 1.46. The minimum Gasteiger partial charge on any atom is -0.358 e. The molecule has 0 radical (unpaired) electrons. The zero-order valence-electron chi connectivity index (χ0n) is 4.63. The number of rotatable bonds is 0. The fourth-order valence-electron chi connectivity index (χ4n) is 0.531. The van der Waals surface area contributed by atoms with Gasteiger partial charge in [-0.05, 0) is 18.4 Å². The number of hydrogen-bond donors (Lipinski definition) is 1. The van der Waals surface area contributed by atoms with E-state index in [2.05, 4.69) is 5.32 Å². The lowest BCUT2D eigenvalue weighted by Gasteiger charge is -2.16. The zero-order chi connectivity index (χ0) is 6.74. The highest BCUT2D eigenvalue weighted by Crippen LogP contribution is 2.13. The summed E-state index contributed by atoms with van der Waals surface area (Å²) in [6, 6.07) is 1.90. The van der Waals surface area contributed by atoms with Gasteiger partial charge in [0.05, 0.1) is 0 Å². The van der Waals surface area contributed by atoms with Crippen molar-refractivity contribution in [2.24, 2.45) is 0 Å². The van der Waals surface area contributed by atoms with Crippen molar-refractivity contribution < 1.29 is 0 Å². The molecule has 9 heavy (non-hydrogen) atoms. The minimum atomic E-state index is -1.02. The molecule has 0 aromatic carbocycles. The second-order valence-electron chi connectivity index (χ2n) is 1.69. The number of nitrogens with one attached hydrogen (secondary N) is 1. The number of dihydropyridines is 1. The molecular formula is C6H5ClN2. The molecule has 1 rings (SSSR count). The first kappa shape index (κ1) is 6.18. The Hall–Kier alpha value is -0.940. The van der Waals surface area contributed by atoms with E-state index in [1.807, 2.05) is 6.07 Å². The van der Waals surface area contributed by atoms with Crippen LogP contribution in [-0.2, 0) is 0 Å². The van der Waals surface area contributed by atoms with Gasteiger partial charge in [0.2, 0.25) is 5.00 Å². The van der Waals surface area contributed by atoms with Crippen molar-refractivity contribution in [1.29, 1.82) is 5.26 Å². The average molecular weight is 141 g/mol. The van der Waals surface area contributed by atoms with Crippen molar-refractivity contribution in [3.63, 3.8) is 0 Å². The van der Waals surface area contributed by atoms with Crippen LogP contribution in [0.1, 0.15) is 0 Å². The maximum absolute atomic E-state index is 8.42. The molecule has 1 atom stereocenters. The van der Waals surface area contributed by atoms with E-state index in [1.54, 1.807) is 24.4 Å². The molecule has 0 saturated carbocycles. The summed E-state index contributed by atoms with van der Waals surface area (Å²) in [5.74, 6) is 0. The zero-order valence-corrected chi connectivity index (χ0v) is 5.39. The summed E-state index contributed by atoms with van der Waals surface area (Å²) in [6.45, 7) is 0. The molecule has 2 nitrogen and oxygen atoms in total. The molecule has 3 heteroatoms. The van der Waals surface area contributed by atoms with Gasteiger partial charge in [0.15, 0.2) is 0 Å². The molecule has 0 amide bonds. The maximum atomic E-state index is 8.42. The Balaban J connectivity index is 2.77. The molecular weight excluding hydrogens is 136 g/mol. The SMILES string of the molecule is N#CC1(Cl)C=CC=CN1. The van der Waals surface area contributed by atoms with Gasteiger partial charge >= 0.3 is 0 Å². The summed E-state index contributed by atoms with van der Waals surface area (Å²) < 4.78 is 0. The quantitative estimate of drug-likeness (QED) is 0.404. The number of nitriles is 1. The van der Waals surface area contributed by atoms with Crippen molar-refractivity contribution in [3.05, 3.63) is 24.4 Å². The minimum absolute atomic E-state index is 1.02. The Labute approximate surface area is 58.4 Å². The molecule has 0 bridgehead atoms. The number of hydrogen-bond acceptors (Lipinski definition) is 2. The molecule has 0 saturated heterocycles. The molecule has 1 N–H and O–H groups in total. The first-order valence-corrected chi connectivity index (χ1v) is 2.87. The topological polar surface area (TPSA) is 35.8 Å². The van der Waals surface area contributed by atoms with E-state index < -0.39 is 5.00 Å². The molecule has 1 aliphatic rings. The second-order valence-corrected chi connectivity index (χ2v) is 2.28. The molecule has 1 aliphatic heterocycles. The van der Waals surface area contributed by atoms with Crippen molar-refractivity contribution in [1.82, 2.24) is 5.32 Å². The number of alkyl halides is 1. The summed E-state index contributed by atoms with van der Waals surface area (Å²) >= 11 is 5.65. The Morgan fingerprint density at radius 1 is 1.56 bits per heavy atom. The van der Waals surface area contributed by atoms with Gasteiger partial charge in [0.1, 0.15) is 6.07 Å². The first-order valence-electron chi connectivity index (χ1n) is 2.49. The Morgan fingerprint density at radius 2 is 2.33 bits per heavy atom. The normalized spacial score (nSPS) is 31.1. The van der Waals surface area contributed by atoms with Crippen LogP contribution in [0.25, 0.3) is 0 Å². The third-order valence-corrected chi connectivity index (χ3v) is 1.31. The van der Waals surface area contributed by atoms with Crippen LogP contribution in [0.3, 0.4) is 0 Å². The Morgan fingerprint density at radius 3 is 2.67 bits per heavy atom. The predicted octanol–water partition coefficient (Wildman–Crippen LogP) is 1.12. The van der Waals surface area contributed by atoms with Gasteiger partial charge in [-0.25, -0.2) is 0 Å². The first-order chi connectivity index (χ1) is 4.27. The summed E-state index contributed by atoms with van der Waals surface area (Å²) in [5, 5.41) is 11.1. The lowest BCUT2D eigenvalue weighted by atomic mass is 10.2. The molecule has 0 aromatic rings. The third-order valence-electron chi connectivity index (χ3n) is 0.989. The van der Waals surface area contributed by atoms with Crippen molar-refractivity contribution in [2.45, 2.75) is 5.00 Å². The lowest BCUT2D eigenvalue weighted by Crippen LogP contribution is -2.33. The van der Waals surface area contributed by atoms with E-state index in [9.17, 15) is 0 Å². The predicted molar refractivity (Wildman–Crippen MR) is 35.6 cm³/mol. The number of halogens is 1. The lowest BCUT2D eigenvalue weighted by molar-refractivity contribution is 0.768. The van der Waals surface area contributed by atoms with Gasteiger partial charge in [-0.3, -0.25) is 0 Å². The molecule has 1 heterocycles. The van der Waals surface area contributed by atoms with Crippen LogP contribution in [-0.4, -0.2) is 5.00 Å². The van der Waals surface area contributed by atoms with E-state index in [0.717, 1.165) is 0 Å².